The van der Waals surface area contributed by atoms with E-state index in [9.17, 15) is 31.4 Å². The van der Waals surface area contributed by atoms with Crippen LogP contribution in [-0.2, 0) is 25.2 Å². The number of alkyl halides is 6. The van der Waals surface area contributed by atoms with Gasteiger partial charge in [-0.05, 0) is 30.2 Å². The SMILES string of the molecule is COc1nc2ccc(C(O)(c3ccc(C(F)(F)F)nc3)c3cncn3C)cc2c(Cl)c1CCC(F)(F)F. The lowest BCUT2D eigenvalue weighted by molar-refractivity contribution is -0.141. The third kappa shape index (κ3) is 5.08. The number of methoxy groups -OCH3 is 1. The quantitative estimate of drug-likeness (QED) is 0.310. The fraction of sp³-hybridized carbons (Fsp3) is 0.292. The van der Waals surface area contributed by atoms with Crippen molar-refractivity contribution in [2.24, 2.45) is 7.05 Å². The number of pyridine rings is 2. The van der Waals surface area contributed by atoms with Gasteiger partial charge in [0.1, 0.15) is 5.69 Å². The van der Waals surface area contributed by atoms with Gasteiger partial charge in [-0.2, -0.15) is 26.3 Å². The summed E-state index contributed by atoms with van der Waals surface area (Å²) in [5.41, 5.74) is -2.53. The van der Waals surface area contributed by atoms with Gasteiger partial charge in [0.15, 0.2) is 5.60 Å². The Labute approximate surface area is 211 Å². The molecule has 3 aromatic heterocycles. The van der Waals surface area contributed by atoms with E-state index in [1.807, 2.05) is 0 Å². The van der Waals surface area contributed by atoms with Gasteiger partial charge < -0.3 is 14.4 Å². The molecule has 1 aromatic carbocycles. The van der Waals surface area contributed by atoms with Crippen LogP contribution >= 0.6 is 11.6 Å². The van der Waals surface area contributed by atoms with E-state index >= 15 is 0 Å². The number of imidazole rings is 1. The van der Waals surface area contributed by atoms with E-state index < -0.39 is 36.5 Å². The van der Waals surface area contributed by atoms with Crippen molar-refractivity contribution in [2.75, 3.05) is 7.11 Å². The van der Waals surface area contributed by atoms with Crippen LogP contribution in [0.3, 0.4) is 0 Å². The van der Waals surface area contributed by atoms with E-state index in [0.717, 1.165) is 18.3 Å². The highest BCUT2D eigenvalue weighted by molar-refractivity contribution is 6.36. The van der Waals surface area contributed by atoms with Crippen LogP contribution in [0.25, 0.3) is 10.9 Å². The minimum absolute atomic E-state index is 0.00154. The third-order valence-corrected chi connectivity index (χ3v) is 6.34. The summed E-state index contributed by atoms with van der Waals surface area (Å²) < 4.78 is 84.6. The molecule has 6 nitrogen and oxygen atoms in total. The number of hydrogen-bond donors (Lipinski definition) is 1. The maximum atomic E-state index is 13.1. The summed E-state index contributed by atoms with van der Waals surface area (Å²) in [5.74, 6) is -0.0664. The van der Waals surface area contributed by atoms with E-state index in [1.165, 1.54) is 42.4 Å². The molecule has 0 radical (unpaired) electrons. The molecule has 0 saturated heterocycles. The molecule has 0 bridgehead atoms. The summed E-state index contributed by atoms with van der Waals surface area (Å²) in [6.45, 7) is 0. The molecule has 0 amide bonds. The molecular weight excluding hydrogens is 526 g/mol. The molecular formula is C24H19ClF6N4O2. The van der Waals surface area contributed by atoms with Gasteiger partial charge in [0.05, 0.1) is 35.9 Å². The van der Waals surface area contributed by atoms with E-state index in [-0.39, 0.29) is 44.2 Å². The van der Waals surface area contributed by atoms with Crippen molar-refractivity contribution in [1.82, 2.24) is 19.5 Å². The zero-order valence-corrected chi connectivity index (χ0v) is 20.1. The van der Waals surface area contributed by atoms with Crippen LogP contribution in [0.5, 0.6) is 5.88 Å². The van der Waals surface area contributed by atoms with Crippen LogP contribution in [0, 0.1) is 0 Å². The first-order chi connectivity index (χ1) is 17.3. The van der Waals surface area contributed by atoms with E-state index in [2.05, 4.69) is 15.0 Å². The van der Waals surface area contributed by atoms with Crippen molar-refractivity contribution in [3.05, 3.63) is 82.2 Å². The summed E-state index contributed by atoms with van der Waals surface area (Å²) >= 11 is 6.53. The molecule has 0 aliphatic rings. The predicted molar refractivity (Wildman–Crippen MR) is 122 cm³/mol. The zero-order chi connectivity index (χ0) is 27.2. The van der Waals surface area contributed by atoms with Crippen LogP contribution in [0.4, 0.5) is 26.3 Å². The molecule has 37 heavy (non-hydrogen) atoms. The molecule has 0 spiro atoms. The Balaban J connectivity index is 1.92. The van der Waals surface area contributed by atoms with Crippen LogP contribution in [-0.4, -0.2) is 37.9 Å². The summed E-state index contributed by atoms with van der Waals surface area (Å²) in [4.78, 5) is 11.7. The van der Waals surface area contributed by atoms with Gasteiger partial charge in [0.25, 0.3) is 0 Å². The first-order valence-corrected chi connectivity index (χ1v) is 11.1. The zero-order valence-electron chi connectivity index (χ0n) is 19.3. The topological polar surface area (TPSA) is 73.1 Å². The highest BCUT2D eigenvalue weighted by atomic mass is 35.5. The predicted octanol–water partition coefficient (Wildman–Crippen LogP) is 5.82. The number of nitrogens with zero attached hydrogens (tertiary/aromatic N) is 4. The number of rotatable bonds is 6. The van der Waals surface area contributed by atoms with Gasteiger partial charge in [0, 0.05) is 36.2 Å². The second-order valence-electron chi connectivity index (χ2n) is 8.29. The lowest BCUT2D eigenvalue weighted by Gasteiger charge is -2.30. The number of aliphatic hydroxyl groups is 1. The Morgan fingerprint density at radius 3 is 2.27 bits per heavy atom. The number of benzene rings is 1. The smallest absolute Gasteiger partial charge is 0.433 e. The molecule has 196 valence electrons. The third-order valence-electron chi connectivity index (χ3n) is 5.91. The molecule has 1 N–H and O–H groups in total. The number of halogens is 7. The van der Waals surface area contributed by atoms with Crippen molar-refractivity contribution in [3.8, 4) is 5.88 Å². The standard InChI is InChI=1S/C24H19ClF6N4O2/c1-35-12-32-11-19(35)23(36,14-4-6-18(33-10-14)24(29,30)31)13-3-5-17-16(9-13)20(25)15(21(34-17)37-2)7-8-22(26,27)28/h3-6,9-12,36H,7-8H2,1-2H3. The number of aromatic nitrogens is 4. The molecule has 4 rings (SSSR count). The molecule has 1 unspecified atom stereocenters. The Kier molecular flexibility index (Phi) is 6.84. The van der Waals surface area contributed by atoms with Gasteiger partial charge >= 0.3 is 12.4 Å². The molecule has 0 fully saturated rings. The second-order valence-corrected chi connectivity index (χ2v) is 8.67. The average Bonchev–Trinajstić information content (AvgIpc) is 3.27. The minimum Gasteiger partial charge on any atom is -0.481 e. The monoisotopic (exact) mass is 544 g/mol. The normalized spacial score (nSPS) is 14.1. The summed E-state index contributed by atoms with van der Waals surface area (Å²) in [6.07, 6.45) is -7.14. The number of fused-ring (bicyclic) bond motifs is 1. The van der Waals surface area contributed by atoms with E-state index in [4.69, 9.17) is 16.3 Å². The van der Waals surface area contributed by atoms with Gasteiger partial charge in [0.2, 0.25) is 5.88 Å². The number of aryl methyl sites for hydroxylation is 1. The fourth-order valence-corrected chi connectivity index (χ4v) is 4.39. The summed E-state index contributed by atoms with van der Waals surface area (Å²) in [5, 5.41) is 12.2. The molecule has 13 heteroatoms. The highest BCUT2D eigenvalue weighted by Crippen LogP contribution is 2.41. The van der Waals surface area contributed by atoms with Crippen molar-refractivity contribution < 1.29 is 36.2 Å². The molecule has 1 atom stereocenters. The summed E-state index contributed by atoms with van der Waals surface area (Å²) in [7, 11) is 2.84. The average molecular weight is 545 g/mol. The largest absolute Gasteiger partial charge is 0.481 e. The molecule has 0 aliphatic heterocycles. The van der Waals surface area contributed by atoms with E-state index in [1.54, 1.807) is 7.05 Å². The van der Waals surface area contributed by atoms with Gasteiger partial charge in [-0.15, -0.1) is 0 Å². The Morgan fingerprint density at radius 2 is 1.73 bits per heavy atom. The molecule has 0 aliphatic carbocycles. The van der Waals surface area contributed by atoms with Crippen molar-refractivity contribution in [3.63, 3.8) is 0 Å². The van der Waals surface area contributed by atoms with Crippen LogP contribution in [0.1, 0.15) is 34.5 Å². The lowest BCUT2D eigenvalue weighted by atomic mass is 9.83. The molecule has 0 saturated carbocycles. The Bertz CT molecular complexity index is 1440. The maximum Gasteiger partial charge on any atom is 0.433 e. The maximum absolute atomic E-state index is 13.1. The minimum atomic E-state index is -4.68. The number of ether oxygens (including phenoxy) is 1. The Hall–Kier alpha value is -3.38. The molecule has 3 heterocycles. The van der Waals surface area contributed by atoms with Crippen molar-refractivity contribution in [2.45, 2.75) is 30.8 Å². The first-order valence-electron chi connectivity index (χ1n) is 10.7. The van der Waals surface area contributed by atoms with Crippen LogP contribution in [0.2, 0.25) is 5.02 Å². The van der Waals surface area contributed by atoms with Gasteiger partial charge in [-0.1, -0.05) is 23.7 Å². The summed E-state index contributed by atoms with van der Waals surface area (Å²) in [6, 6.07) is 6.21. The van der Waals surface area contributed by atoms with Crippen LogP contribution in [0.15, 0.2) is 49.1 Å². The highest BCUT2D eigenvalue weighted by Gasteiger charge is 2.39. The van der Waals surface area contributed by atoms with Gasteiger partial charge in [-0.3, -0.25) is 4.98 Å². The second kappa shape index (κ2) is 9.49. The lowest BCUT2D eigenvalue weighted by Crippen LogP contribution is -2.31. The Morgan fingerprint density at radius 1 is 1.03 bits per heavy atom. The van der Waals surface area contributed by atoms with Gasteiger partial charge in [-0.25, -0.2) is 9.97 Å². The van der Waals surface area contributed by atoms with Crippen molar-refractivity contribution in [1.29, 1.82) is 0 Å². The molecule has 4 aromatic rings. The van der Waals surface area contributed by atoms with Crippen molar-refractivity contribution >= 4 is 22.5 Å². The number of hydrogen-bond acceptors (Lipinski definition) is 5. The van der Waals surface area contributed by atoms with E-state index in [0.29, 0.717) is 0 Å². The first kappa shape index (κ1) is 26.7. The fourth-order valence-electron chi connectivity index (χ4n) is 4.06. The van der Waals surface area contributed by atoms with Crippen LogP contribution < -0.4 is 4.74 Å².